The fraction of sp³-hybridized carbons (Fsp3) is 0.188. The van der Waals surface area contributed by atoms with E-state index in [0.717, 1.165) is 17.0 Å². The number of ether oxygens (including phenoxy) is 1. The molecule has 1 amide bonds. The average Bonchev–Trinajstić information content (AvgIpc) is 2.88. The third-order valence-electron chi connectivity index (χ3n) is 3.61. The Labute approximate surface area is 145 Å². The van der Waals surface area contributed by atoms with Crippen LogP contribution in [0.2, 0.25) is 10.0 Å². The Morgan fingerprint density at radius 1 is 1.12 bits per heavy atom. The molecule has 2 aromatic rings. The third-order valence-corrected chi connectivity index (χ3v) is 4.17. The van der Waals surface area contributed by atoms with E-state index in [1.54, 1.807) is 12.1 Å². The highest BCUT2D eigenvalue weighted by Gasteiger charge is 2.36. The monoisotopic (exact) mass is 375 g/mol. The van der Waals surface area contributed by atoms with Crippen molar-refractivity contribution >= 4 is 35.0 Å². The zero-order valence-corrected chi connectivity index (χ0v) is 13.5. The van der Waals surface area contributed by atoms with Gasteiger partial charge in [-0.2, -0.15) is 13.2 Å². The molecule has 1 fully saturated rings. The van der Waals surface area contributed by atoms with Gasteiger partial charge in [0.25, 0.3) is 0 Å². The van der Waals surface area contributed by atoms with Crippen LogP contribution < -0.4 is 4.90 Å². The van der Waals surface area contributed by atoms with E-state index in [1.807, 2.05) is 0 Å². The minimum absolute atomic E-state index is 0.0570. The van der Waals surface area contributed by atoms with Gasteiger partial charge in [0.05, 0.1) is 12.1 Å². The quantitative estimate of drug-likeness (QED) is 0.672. The maximum Gasteiger partial charge on any atom is 0.416 e. The minimum atomic E-state index is -4.49. The summed E-state index contributed by atoms with van der Waals surface area (Å²) in [7, 11) is 0. The van der Waals surface area contributed by atoms with Crippen LogP contribution in [0, 0.1) is 0 Å². The number of cyclic esters (lactones) is 1. The number of hydrogen-bond acceptors (Lipinski definition) is 2. The third kappa shape index (κ3) is 3.30. The number of nitrogens with zero attached hydrogens (tertiary/aromatic N) is 1. The summed E-state index contributed by atoms with van der Waals surface area (Å²) in [5.74, 6) is 0. The van der Waals surface area contributed by atoms with Crippen molar-refractivity contribution in [3.63, 3.8) is 0 Å². The van der Waals surface area contributed by atoms with Crippen LogP contribution in [0.1, 0.15) is 17.2 Å². The van der Waals surface area contributed by atoms with Gasteiger partial charge in [0, 0.05) is 21.3 Å². The second kappa shape index (κ2) is 6.18. The van der Waals surface area contributed by atoms with Gasteiger partial charge in [-0.3, -0.25) is 4.90 Å². The minimum Gasteiger partial charge on any atom is -0.439 e. The standard InChI is InChI=1S/C16H10Cl2F3NO2/c17-10-4-5-12(13(18)7-10)14-8-22(15(23)24-14)11-3-1-2-9(6-11)16(19,20)21/h1-7,14H,8H2/t14-/m1/s1. The normalized spacial score (nSPS) is 18.0. The van der Waals surface area contributed by atoms with Gasteiger partial charge in [-0.1, -0.05) is 35.3 Å². The molecule has 3 nitrogen and oxygen atoms in total. The predicted octanol–water partition coefficient (Wildman–Crippen LogP) is 5.71. The van der Waals surface area contributed by atoms with Crippen LogP contribution in [0.4, 0.5) is 23.7 Å². The second-order valence-electron chi connectivity index (χ2n) is 5.20. The van der Waals surface area contributed by atoms with Crippen molar-refractivity contribution in [2.75, 3.05) is 11.4 Å². The Morgan fingerprint density at radius 3 is 2.54 bits per heavy atom. The average molecular weight is 376 g/mol. The van der Waals surface area contributed by atoms with Crippen molar-refractivity contribution < 1.29 is 22.7 Å². The van der Waals surface area contributed by atoms with Crippen molar-refractivity contribution in [1.29, 1.82) is 0 Å². The molecule has 1 aliphatic rings. The molecule has 3 rings (SSSR count). The van der Waals surface area contributed by atoms with Crippen LogP contribution in [0.3, 0.4) is 0 Å². The fourth-order valence-corrected chi connectivity index (χ4v) is 2.98. The zero-order valence-electron chi connectivity index (χ0n) is 12.0. The Morgan fingerprint density at radius 2 is 1.88 bits per heavy atom. The summed E-state index contributed by atoms with van der Waals surface area (Å²) in [6, 6.07) is 9.25. The van der Waals surface area contributed by atoms with Gasteiger partial charge in [-0.25, -0.2) is 4.79 Å². The van der Waals surface area contributed by atoms with Crippen LogP contribution in [0.15, 0.2) is 42.5 Å². The predicted molar refractivity (Wildman–Crippen MR) is 84.5 cm³/mol. The van der Waals surface area contributed by atoms with E-state index in [4.69, 9.17) is 27.9 Å². The molecule has 1 heterocycles. The summed E-state index contributed by atoms with van der Waals surface area (Å²) in [4.78, 5) is 13.2. The largest absolute Gasteiger partial charge is 0.439 e. The van der Waals surface area contributed by atoms with Gasteiger partial charge >= 0.3 is 12.3 Å². The van der Waals surface area contributed by atoms with Gasteiger partial charge in [0.15, 0.2) is 0 Å². The van der Waals surface area contributed by atoms with Crippen LogP contribution >= 0.6 is 23.2 Å². The summed E-state index contributed by atoms with van der Waals surface area (Å²) in [6.07, 6.45) is -5.90. The van der Waals surface area contributed by atoms with Crippen molar-refractivity contribution in [3.8, 4) is 0 Å². The van der Waals surface area contributed by atoms with E-state index in [2.05, 4.69) is 0 Å². The SMILES string of the molecule is O=C1O[C@@H](c2ccc(Cl)cc2Cl)CN1c1cccc(C(F)(F)F)c1. The van der Waals surface area contributed by atoms with Gasteiger partial charge < -0.3 is 4.74 Å². The first-order chi connectivity index (χ1) is 11.3. The van der Waals surface area contributed by atoms with E-state index in [9.17, 15) is 18.0 Å². The first-order valence-corrected chi connectivity index (χ1v) is 7.61. The van der Waals surface area contributed by atoms with Crippen LogP contribution in [-0.2, 0) is 10.9 Å². The van der Waals surface area contributed by atoms with Gasteiger partial charge in [-0.15, -0.1) is 0 Å². The number of halogens is 5. The number of rotatable bonds is 2. The molecule has 0 aromatic heterocycles. The van der Waals surface area contributed by atoms with E-state index >= 15 is 0 Å². The molecular weight excluding hydrogens is 366 g/mol. The lowest BCUT2D eigenvalue weighted by atomic mass is 10.1. The summed E-state index contributed by atoms with van der Waals surface area (Å²) >= 11 is 11.9. The smallest absolute Gasteiger partial charge is 0.416 e. The molecular formula is C16H10Cl2F3NO2. The Kier molecular flexibility index (Phi) is 4.36. The Bertz CT molecular complexity index is 795. The van der Waals surface area contributed by atoms with Gasteiger partial charge in [0.2, 0.25) is 0 Å². The highest BCUT2D eigenvalue weighted by molar-refractivity contribution is 6.35. The number of carbonyl (C=O) groups excluding carboxylic acids is 1. The van der Waals surface area contributed by atoms with Crippen molar-refractivity contribution in [2.45, 2.75) is 12.3 Å². The number of amides is 1. The molecule has 0 bridgehead atoms. The van der Waals surface area contributed by atoms with E-state index in [1.165, 1.54) is 18.2 Å². The van der Waals surface area contributed by atoms with E-state index in [0.29, 0.717) is 15.6 Å². The molecule has 24 heavy (non-hydrogen) atoms. The van der Waals surface area contributed by atoms with Crippen molar-refractivity contribution in [3.05, 3.63) is 63.6 Å². The molecule has 0 spiro atoms. The molecule has 1 aliphatic heterocycles. The molecule has 1 saturated heterocycles. The lowest BCUT2D eigenvalue weighted by Crippen LogP contribution is -2.24. The van der Waals surface area contributed by atoms with Crippen molar-refractivity contribution in [2.24, 2.45) is 0 Å². The first kappa shape index (κ1) is 16.9. The fourth-order valence-electron chi connectivity index (χ4n) is 2.45. The maximum absolute atomic E-state index is 12.8. The summed E-state index contributed by atoms with van der Waals surface area (Å²) in [6.45, 7) is 0.0570. The lowest BCUT2D eigenvalue weighted by molar-refractivity contribution is -0.137. The summed E-state index contributed by atoms with van der Waals surface area (Å²) < 4.78 is 43.7. The van der Waals surface area contributed by atoms with E-state index in [-0.39, 0.29) is 12.2 Å². The maximum atomic E-state index is 12.8. The zero-order chi connectivity index (χ0) is 17.5. The number of alkyl halides is 3. The summed E-state index contributed by atoms with van der Waals surface area (Å²) in [5, 5.41) is 0.758. The lowest BCUT2D eigenvalue weighted by Gasteiger charge is -2.15. The van der Waals surface area contributed by atoms with Gasteiger partial charge in [-0.05, 0) is 30.3 Å². The van der Waals surface area contributed by atoms with E-state index < -0.39 is 23.9 Å². The molecule has 0 N–H and O–H groups in total. The Hall–Kier alpha value is -1.92. The molecule has 8 heteroatoms. The first-order valence-electron chi connectivity index (χ1n) is 6.86. The number of anilines is 1. The molecule has 0 saturated carbocycles. The van der Waals surface area contributed by atoms with Crippen molar-refractivity contribution in [1.82, 2.24) is 0 Å². The number of carbonyl (C=O) groups is 1. The second-order valence-corrected chi connectivity index (χ2v) is 6.04. The Balaban J connectivity index is 1.88. The van der Waals surface area contributed by atoms with Crippen LogP contribution in [0.25, 0.3) is 0 Å². The topological polar surface area (TPSA) is 29.5 Å². The highest BCUT2D eigenvalue weighted by atomic mass is 35.5. The van der Waals surface area contributed by atoms with Crippen LogP contribution in [-0.4, -0.2) is 12.6 Å². The molecule has 0 radical (unpaired) electrons. The molecule has 0 aliphatic carbocycles. The molecule has 126 valence electrons. The molecule has 1 atom stereocenters. The van der Waals surface area contributed by atoms with Crippen LogP contribution in [0.5, 0.6) is 0 Å². The molecule has 0 unspecified atom stereocenters. The molecule has 2 aromatic carbocycles. The van der Waals surface area contributed by atoms with Gasteiger partial charge in [0.1, 0.15) is 6.10 Å². The summed E-state index contributed by atoms with van der Waals surface area (Å²) in [5.41, 5.74) is -0.174. The number of hydrogen-bond donors (Lipinski definition) is 0. The highest BCUT2D eigenvalue weighted by Crippen LogP contribution is 2.37. The number of benzene rings is 2.